The average molecular weight is 396 g/mol. The van der Waals surface area contributed by atoms with E-state index in [1.54, 1.807) is 0 Å². The molecule has 2 amide bonds. The number of anilines is 1. The number of hydrogen-bond acceptors (Lipinski definition) is 4. The summed E-state index contributed by atoms with van der Waals surface area (Å²) in [6.07, 6.45) is 1.23. The summed E-state index contributed by atoms with van der Waals surface area (Å²) in [6, 6.07) is 6.15. The molecule has 0 radical (unpaired) electrons. The first-order valence-electron chi connectivity index (χ1n) is 9.77. The fraction of sp³-hybridized carbons (Fsp3) is 0.455. The number of amides is 2. The molecule has 1 aromatic carbocycles. The van der Waals surface area contributed by atoms with Gasteiger partial charge in [-0.1, -0.05) is 17.7 Å². The summed E-state index contributed by atoms with van der Waals surface area (Å²) in [7, 11) is 0. The van der Waals surface area contributed by atoms with Gasteiger partial charge in [-0.3, -0.25) is 14.3 Å². The highest BCUT2D eigenvalue weighted by molar-refractivity contribution is 5.95. The molecule has 0 unspecified atom stereocenters. The van der Waals surface area contributed by atoms with Gasteiger partial charge in [-0.25, -0.2) is 0 Å². The van der Waals surface area contributed by atoms with Crippen LogP contribution in [0, 0.1) is 45.9 Å². The summed E-state index contributed by atoms with van der Waals surface area (Å²) in [6.45, 7) is 10.3. The second-order valence-corrected chi connectivity index (χ2v) is 7.38. The lowest BCUT2D eigenvalue weighted by Gasteiger charge is -2.13. The monoisotopic (exact) mass is 395 g/mol. The molecular formula is C22H29N5O2. The van der Waals surface area contributed by atoms with Gasteiger partial charge >= 0.3 is 0 Å². The number of nitrogens with zero attached hydrogens (tertiary/aromatic N) is 3. The van der Waals surface area contributed by atoms with E-state index in [0.717, 1.165) is 39.3 Å². The van der Waals surface area contributed by atoms with E-state index < -0.39 is 0 Å². The minimum atomic E-state index is -0.245. The van der Waals surface area contributed by atoms with Crippen LogP contribution in [-0.2, 0) is 22.6 Å². The molecule has 0 fully saturated rings. The molecule has 29 heavy (non-hydrogen) atoms. The highest BCUT2D eigenvalue weighted by Crippen LogP contribution is 2.21. The highest BCUT2D eigenvalue weighted by Gasteiger charge is 2.14. The lowest BCUT2D eigenvalue weighted by Crippen LogP contribution is -2.33. The Kier molecular flexibility index (Phi) is 7.54. The van der Waals surface area contributed by atoms with Crippen LogP contribution in [0.2, 0.25) is 0 Å². The van der Waals surface area contributed by atoms with Crippen LogP contribution in [-0.4, -0.2) is 28.1 Å². The molecule has 2 N–H and O–H groups in total. The predicted molar refractivity (Wildman–Crippen MR) is 113 cm³/mol. The molecule has 1 heterocycles. The van der Waals surface area contributed by atoms with Crippen LogP contribution in [0.4, 0.5) is 5.69 Å². The Balaban J connectivity index is 1.86. The van der Waals surface area contributed by atoms with E-state index in [4.69, 9.17) is 5.26 Å². The van der Waals surface area contributed by atoms with E-state index in [1.165, 1.54) is 0 Å². The van der Waals surface area contributed by atoms with Crippen LogP contribution >= 0.6 is 0 Å². The van der Waals surface area contributed by atoms with Crippen LogP contribution < -0.4 is 10.6 Å². The van der Waals surface area contributed by atoms with Gasteiger partial charge < -0.3 is 10.6 Å². The second-order valence-electron chi connectivity index (χ2n) is 7.38. The van der Waals surface area contributed by atoms with Crippen molar-refractivity contribution in [1.82, 2.24) is 15.1 Å². The number of carbonyl (C=O) groups excluding carboxylic acids is 2. The van der Waals surface area contributed by atoms with Crippen molar-refractivity contribution >= 4 is 17.5 Å². The average Bonchev–Trinajstić information content (AvgIpc) is 2.92. The SMILES string of the molecule is Cc1cc(C)c(NC(=O)CNC(=O)CCc2c(C)nn(CCC#N)c2C)c(C)c1. The lowest BCUT2D eigenvalue weighted by atomic mass is 10.1. The maximum atomic E-state index is 12.2. The van der Waals surface area contributed by atoms with Crippen molar-refractivity contribution in [2.75, 3.05) is 11.9 Å². The minimum absolute atomic E-state index is 0.0645. The fourth-order valence-corrected chi connectivity index (χ4v) is 3.54. The highest BCUT2D eigenvalue weighted by atomic mass is 16.2. The van der Waals surface area contributed by atoms with E-state index in [0.29, 0.717) is 19.4 Å². The number of nitrogens with one attached hydrogen (secondary N) is 2. The number of hydrogen-bond donors (Lipinski definition) is 2. The largest absolute Gasteiger partial charge is 0.347 e. The molecule has 0 saturated heterocycles. The Labute approximate surface area is 172 Å². The van der Waals surface area contributed by atoms with Gasteiger partial charge in [0.05, 0.1) is 31.3 Å². The van der Waals surface area contributed by atoms with E-state index in [1.807, 2.05) is 51.4 Å². The molecule has 2 aromatic rings. The summed E-state index contributed by atoms with van der Waals surface area (Å²) >= 11 is 0. The zero-order valence-corrected chi connectivity index (χ0v) is 17.8. The summed E-state index contributed by atoms with van der Waals surface area (Å²) in [5, 5.41) is 18.7. The first-order chi connectivity index (χ1) is 13.7. The predicted octanol–water partition coefficient (Wildman–Crippen LogP) is 3.03. The van der Waals surface area contributed by atoms with Gasteiger partial charge in [0, 0.05) is 17.8 Å². The molecule has 2 rings (SSSR count). The Bertz CT molecular complexity index is 930. The Morgan fingerprint density at radius 3 is 2.38 bits per heavy atom. The number of carbonyl (C=O) groups is 2. The third kappa shape index (κ3) is 5.92. The number of aryl methyl sites for hydroxylation is 5. The maximum absolute atomic E-state index is 12.2. The minimum Gasteiger partial charge on any atom is -0.347 e. The van der Waals surface area contributed by atoms with Gasteiger partial charge in [0.25, 0.3) is 0 Å². The van der Waals surface area contributed by atoms with Crippen molar-refractivity contribution in [1.29, 1.82) is 5.26 Å². The molecule has 0 aliphatic carbocycles. The maximum Gasteiger partial charge on any atom is 0.243 e. The molecule has 0 bridgehead atoms. The molecule has 0 aliphatic heterocycles. The van der Waals surface area contributed by atoms with Crippen molar-refractivity contribution in [3.8, 4) is 6.07 Å². The van der Waals surface area contributed by atoms with Gasteiger partial charge in [0.15, 0.2) is 0 Å². The smallest absolute Gasteiger partial charge is 0.243 e. The number of benzene rings is 1. The molecule has 1 aromatic heterocycles. The fourth-order valence-electron chi connectivity index (χ4n) is 3.54. The Hall–Kier alpha value is -3.14. The third-order valence-corrected chi connectivity index (χ3v) is 4.96. The lowest BCUT2D eigenvalue weighted by molar-refractivity contribution is -0.124. The number of aromatic nitrogens is 2. The van der Waals surface area contributed by atoms with Crippen LogP contribution in [0.1, 0.15) is 46.5 Å². The van der Waals surface area contributed by atoms with Gasteiger partial charge in [-0.2, -0.15) is 10.4 Å². The van der Waals surface area contributed by atoms with Crippen LogP contribution in [0.15, 0.2) is 12.1 Å². The van der Waals surface area contributed by atoms with E-state index >= 15 is 0 Å². The topological polar surface area (TPSA) is 99.8 Å². The summed E-state index contributed by atoms with van der Waals surface area (Å²) in [5.41, 5.74) is 6.82. The van der Waals surface area contributed by atoms with Gasteiger partial charge in [-0.05, 0) is 57.7 Å². The summed E-state index contributed by atoms with van der Waals surface area (Å²) in [4.78, 5) is 24.4. The molecule has 0 atom stereocenters. The zero-order chi connectivity index (χ0) is 21.6. The number of nitriles is 1. The molecule has 154 valence electrons. The molecule has 0 saturated carbocycles. The Morgan fingerprint density at radius 1 is 1.10 bits per heavy atom. The van der Waals surface area contributed by atoms with E-state index in [9.17, 15) is 9.59 Å². The van der Waals surface area contributed by atoms with Crippen LogP contribution in [0.5, 0.6) is 0 Å². The quantitative estimate of drug-likeness (QED) is 0.717. The first-order valence-corrected chi connectivity index (χ1v) is 9.77. The molecular weight excluding hydrogens is 366 g/mol. The van der Waals surface area contributed by atoms with Crippen molar-refractivity contribution < 1.29 is 9.59 Å². The van der Waals surface area contributed by atoms with Crippen molar-refractivity contribution in [2.45, 2.75) is 60.4 Å². The van der Waals surface area contributed by atoms with Crippen molar-refractivity contribution in [2.24, 2.45) is 0 Å². The van der Waals surface area contributed by atoms with Gasteiger partial charge in [0.2, 0.25) is 11.8 Å². The standard InChI is InChI=1S/C22H29N5O2/c1-14-11-15(2)22(16(3)12-14)25-21(29)13-24-20(28)8-7-19-17(4)26-27(18(19)5)10-6-9-23/h11-12H,6-8,10,13H2,1-5H3,(H,24,28)(H,25,29). The molecule has 7 nitrogen and oxygen atoms in total. The van der Waals surface area contributed by atoms with Crippen molar-refractivity contribution in [3.05, 3.63) is 45.8 Å². The van der Waals surface area contributed by atoms with E-state index in [-0.39, 0.29) is 24.8 Å². The Morgan fingerprint density at radius 2 is 1.76 bits per heavy atom. The summed E-state index contributed by atoms with van der Waals surface area (Å²) < 4.78 is 1.81. The molecule has 7 heteroatoms. The van der Waals surface area contributed by atoms with Crippen LogP contribution in [0.25, 0.3) is 0 Å². The zero-order valence-electron chi connectivity index (χ0n) is 17.8. The van der Waals surface area contributed by atoms with Gasteiger partial charge in [0.1, 0.15) is 0 Å². The second kappa shape index (κ2) is 9.87. The normalized spacial score (nSPS) is 10.5. The van der Waals surface area contributed by atoms with Gasteiger partial charge in [-0.15, -0.1) is 0 Å². The molecule has 0 aliphatic rings. The first kappa shape index (κ1) is 22.2. The number of rotatable bonds is 8. The summed E-state index contributed by atoms with van der Waals surface area (Å²) in [5.74, 6) is -0.425. The van der Waals surface area contributed by atoms with E-state index in [2.05, 4.69) is 21.8 Å². The van der Waals surface area contributed by atoms with Crippen molar-refractivity contribution in [3.63, 3.8) is 0 Å². The molecule has 0 spiro atoms. The third-order valence-electron chi connectivity index (χ3n) is 4.96. The van der Waals surface area contributed by atoms with Crippen LogP contribution in [0.3, 0.4) is 0 Å².